The minimum absolute atomic E-state index is 0.265. The van der Waals surface area contributed by atoms with Gasteiger partial charge >= 0.3 is 0 Å². The fraction of sp³-hybridized carbons (Fsp3) is 1.00. The average Bonchev–Trinajstić information content (AvgIpc) is 2.87. The molecule has 33 heavy (non-hydrogen) atoms. The largest absolute Gasteiger partial charge is 0.0616 e. The summed E-state index contributed by atoms with van der Waals surface area (Å²) in [5.74, 6) is 2.29. The molecule has 0 spiro atoms. The zero-order valence-electron chi connectivity index (χ0n) is 25.2. The monoisotopic (exact) mass is 450 g/mol. The minimum atomic E-state index is 0.265. The fourth-order valence-corrected chi connectivity index (χ4v) is 20.2. The molecule has 186 valence electrons. The number of hydrogen-bond acceptors (Lipinski definition) is 0. The summed E-state index contributed by atoms with van der Waals surface area (Å²) in [4.78, 5) is 0. The molecule has 7 rings (SSSR count). The van der Waals surface area contributed by atoms with Gasteiger partial charge in [0, 0.05) is 0 Å². The van der Waals surface area contributed by atoms with Crippen LogP contribution in [0.25, 0.3) is 0 Å². The first-order valence-corrected chi connectivity index (χ1v) is 14.4. The summed E-state index contributed by atoms with van der Waals surface area (Å²) in [6, 6.07) is 0. The Morgan fingerprint density at radius 2 is 0.727 bits per heavy atom. The normalized spacial score (nSPS) is 81.2. The van der Waals surface area contributed by atoms with Gasteiger partial charge in [0.15, 0.2) is 0 Å². The molecule has 0 saturated heterocycles. The molecule has 0 aromatic heterocycles. The van der Waals surface area contributed by atoms with Gasteiger partial charge in [0.25, 0.3) is 0 Å². The molecule has 6 bridgehead atoms. The van der Waals surface area contributed by atoms with Gasteiger partial charge in [-0.2, -0.15) is 0 Å². The van der Waals surface area contributed by atoms with Crippen LogP contribution in [-0.2, 0) is 0 Å². The predicted octanol–water partition coefficient (Wildman–Crippen LogP) is 9.09. The number of fused-ring (bicyclic) bond motifs is 5. The van der Waals surface area contributed by atoms with E-state index in [1.807, 2.05) is 0 Å². The molecule has 0 N–H and O–H groups in total. The van der Waals surface area contributed by atoms with Crippen molar-refractivity contribution in [2.24, 2.45) is 88.1 Å². The lowest BCUT2D eigenvalue weighted by Gasteiger charge is -2.89. The van der Waals surface area contributed by atoms with Crippen LogP contribution in [0.5, 0.6) is 0 Å². The first-order valence-electron chi connectivity index (χ1n) is 14.4. The molecule has 0 aromatic carbocycles. The van der Waals surface area contributed by atoms with E-state index in [1.165, 1.54) is 0 Å². The van der Waals surface area contributed by atoms with Crippen molar-refractivity contribution in [3.8, 4) is 0 Å². The lowest BCUT2D eigenvalue weighted by Crippen LogP contribution is -2.85. The van der Waals surface area contributed by atoms with E-state index >= 15 is 0 Å². The molecule has 0 radical (unpaired) electrons. The van der Waals surface area contributed by atoms with Crippen LogP contribution < -0.4 is 0 Å². The van der Waals surface area contributed by atoms with Crippen LogP contribution in [0.15, 0.2) is 0 Å². The molecule has 0 heterocycles. The highest BCUT2D eigenvalue weighted by Gasteiger charge is 3.14. The lowest BCUT2D eigenvalue weighted by molar-refractivity contribution is -0.429. The first-order chi connectivity index (χ1) is 14.4. The second kappa shape index (κ2) is 4.06. The van der Waals surface area contributed by atoms with E-state index in [4.69, 9.17) is 0 Å². The van der Waals surface area contributed by atoms with Gasteiger partial charge in [-0.25, -0.2) is 0 Å². The average molecular weight is 451 g/mol. The van der Waals surface area contributed by atoms with Crippen LogP contribution >= 0.6 is 0 Å². The van der Waals surface area contributed by atoms with Crippen molar-refractivity contribution < 1.29 is 0 Å². The molecular formula is C33H54. The van der Waals surface area contributed by atoms with Crippen LogP contribution in [0.3, 0.4) is 0 Å². The molecule has 7 saturated carbocycles. The molecule has 14 atom stereocenters. The third-order valence-corrected chi connectivity index (χ3v) is 21.8. The Labute approximate surface area is 205 Å². The second-order valence-electron chi connectivity index (χ2n) is 18.0. The molecular weight excluding hydrogens is 396 g/mol. The number of rotatable bonds is 0. The maximum Gasteiger partial charge on any atom is -0.0134 e. The molecule has 14 unspecified atom stereocenters. The molecule has 0 nitrogen and oxygen atoms in total. The summed E-state index contributed by atoms with van der Waals surface area (Å²) < 4.78 is 0. The van der Waals surface area contributed by atoms with Crippen molar-refractivity contribution >= 4 is 0 Å². The van der Waals surface area contributed by atoms with E-state index in [0.29, 0.717) is 37.9 Å². The zero-order chi connectivity index (χ0) is 25.2. The zero-order valence-corrected chi connectivity index (χ0v) is 25.2. The van der Waals surface area contributed by atoms with Crippen LogP contribution in [0.1, 0.15) is 118 Å². The van der Waals surface area contributed by atoms with E-state index in [1.54, 1.807) is 0 Å². The Morgan fingerprint density at radius 3 is 1.18 bits per heavy atom. The highest BCUT2D eigenvalue weighted by molar-refractivity contribution is 5.60. The van der Waals surface area contributed by atoms with Crippen molar-refractivity contribution in [2.75, 3.05) is 0 Å². The quantitative estimate of drug-likeness (QED) is 0.345. The second-order valence-corrected chi connectivity index (χ2v) is 18.0. The predicted molar refractivity (Wildman–Crippen MR) is 139 cm³/mol. The van der Waals surface area contributed by atoms with Gasteiger partial charge in [0.2, 0.25) is 0 Å². The summed E-state index contributed by atoms with van der Waals surface area (Å²) in [5.41, 5.74) is 4.00. The van der Waals surface area contributed by atoms with Crippen molar-refractivity contribution in [3.63, 3.8) is 0 Å². The Kier molecular flexibility index (Phi) is 2.74. The first kappa shape index (κ1) is 22.2. The summed E-state index contributed by atoms with van der Waals surface area (Å²) in [5, 5.41) is 0. The minimum Gasteiger partial charge on any atom is -0.0616 e. The van der Waals surface area contributed by atoms with Crippen LogP contribution in [0.2, 0.25) is 0 Å². The van der Waals surface area contributed by atoms with Gasteiger partial charge in [-0.3, -0.25) is 0 Å². The Balaban J connectivity index is 1.92. The van der Waals surface area contributed by atoms with Crippen molar-refractivity contribution in [2.45, 2.75) is 118 Å². The van der Waals surface area contributed by atoms with Gasteiger partial charge in [0.1, 0.15) is 0 Å². The van der Waals surface area contributed by atoms with Gasteiger partial charge in [-0.1, -0.05) is 118 Å². The summed E-state index contributed by atoms with van der Waals surface area (Å²) >= 11 is 0. The van der Waals surface area contributed by atoms with Crippen LogP contribution in [0.4, 0.5) is 0 Å². The maximum atomic E-state index is 2.89. The smallest absolute Gasteiger partial charge is 0.0134 e. The SMILES string of the molecule is CC1C2C3(C)C(C)C4(C)C1(C)C1(C)C5(C)C(C)(C)C6(C)C2(C)C(C)(C5(C)C(C)(C)C36C)C41C. The van der Waals surface area contributed by atoms with E-state index in [0.717, 1.165) is 17.8 Å². The highest BCUT2D eigenvalue weighted by Crippen LogP contribution is 3.18. The molecule has 7 aliphatic rings. The van der Waals surface area contributed by atoms with Crippen molar-refractivity contribution in [3.05, 3.63) is 0 Å². The van der Waals surface area contributed by atoms with Gasteiger partial charge in [0.05, 0.1) is 0 Å². The topological polar surface area (TPSA) is 0 Å². The van der Waals surface area contributed by atoms with Crippen molar-refractivity contribution in [1.29, 1.82) is 0 Å². The van der Waals surface area contributed by atoms with Gasteiger partial charge in [-0.05, 0) is 88.1 Å². The summed E-state index contributed by atoms with van der Waals surface area (Å²) in [6.45, 7) is 48.0. The fourth-order valence-electron chi connectivity index (χ4n) is 20.2. The molecule has 7 fully saturated rings. The number of hydrogen-bond donors (Lipinski definition) is 0. The van der Waals surface area contributed by atoms with Gasteiger partial charge < -0.3 is 0 Å². The van der Waals surface area contributed by atoms with E-state index < -0.39 is 0 Å². The van der Waals surface area contributed by atoms with Gasteiger partial charge in [-0.15, -0.1) is 0 Å². The third-order valence-electron chi connectivity index (χ3n) is 21.8. The molecule has 0 aromatic rings. The molecule has 7 aliphatic carbocycles. The third kappa shape index (κ3) is 0.909. The molecule has 0 heteroatoms. The Bertz CT molecular complexity index is 1110. The Hall–Kier alpha value is 0. The standard InChI is InChI=1S/C33H54/c1-18-20-23(7)19(2)25(9)24(18,8)31(15)30(14)22(5,6)28(12)26(20,10)33(17,32(25,31)16)29(30,13)21(3,4)27(23,28)11/h18-20H,1-17H3. The highest BCUT2D eigenvalue weighted by atomic mass is 15.2. The van der Waals surface area contributed by atoms with Crippen LogP contribution in [-0.4, -0.2) is 0 Å². The maximum absolute atomic E-state index is 2.89. The van der Waals surface area contributed by atoms with Crippen molar-refractivity contribution in [1.82, 2.24) is 0 Å². The summed E-state index contributed by atoms with van der Waals surface area (Å²) in [7, 11) is 0. The van der Waals surface area contributed by atoms with Crippen LogP contribution in [0, 0.1) is 88.1 Å². The van der Waals surface area contributed by atoms with E-state index in [9.17, 15) is 0 Å². The summed E-state index contributed by atoms with van der Waals surface area (Å²) in [6.07, 6.45) is 0. The molecule has 0 aliphatic heterocycles. The lowest BCUT2D eigenvalue weighted by atomic mass is 9.14. The Morgan fingerprint density at radius 1 is 0.364 bits per heavy atom. The molecule has 0 amide bonds. The van der Waals surface area contributed by atoms with E-state index in [-0.39, 0.29) is 32.5 Å². The van der Waals surface area contributed by atoms with E-state index in [2.05, 4.69) is 118 Å².